The molecule has 0 saturated heterocycles. The molecular formula is C21H19N5O3. The van der Waals surface area contributed by atoms with Crippen LogP contribution in [0.25, 0.3) is 0 Å². The minimum absolute atomic E-state index is 0.0235. The minimum atomic E-state index is -0.317. The summed E-state index contributed by atoms with van der Waals surface area (Å²) in [6.45, 7) is 3.95. The maximum Gasteiger partial charge on any atom is 0.261 e. The molecule has 1 aliphatic heterocycles. The van der Waals surface area contributed by atoms with Crippen molar-refractivity contribution in [3.05, 3.63) is 76.1 Å². The third-order valence-electron chi connectivity index (χ3n) is 4.91. The fraction of sp³-hybridized carbons (Fsp3) is 0.238. The summed E-state index contributed by atoms with van der Waals surface area (Å²) in [7, 11) is 0. The van der Waals surface area contributed by atoms with Crippen molar-refractivity contribution in [3.63, 3.8) is 0 Å². The quantitative estimate of drug-likeness (QED) is 0.472. The first kappa shape index (κ1) is 18.7. The molecule has 8 nitrogen and oxygen atoms in total. The van der Waals surface area contributed by atoms with Gasteiger partial charge in [0.2, 0.25) is 0 Å². The van der Waals surface area contributed by atoms with Crippen molar-refractivity contribution in [1.82, 2.24) is 25.1 Å². The van der Waals surface area contributed by atoms with Crippen LogP contribution in [0.3, 0.4) is 0 Å². The highest BCUT2D eigenvalue weighted by atomic mass is 16.2. The van der Waals surface area contributed by atoms with Crippen LogP contribution in [0.4, 0.5) is 0 Å². The van der Waals surface area contributed by atoms with Crippen molar-refractivity contribution >= 4 is 17.6 Å². The average Bonchev–Trinajstić information content (AvgIpc) is 3.25. The molecule has 1 aromatic heterocycles. The summed E-state index contributed by atoms with van der Waals surface area (Å²) >= 11 is 0. The van der Waals surface area contributed by atoms with E-state index in [9.17, 15) is 14.4 Å². The number of nitrogens with zero attached hydrogens (tertiary/aromatic N) is 5. The number of tetrazole rings is 1. The van der Waals surface area contributed by atoms with Crippen molar-refractivity contribution in [2.45, 2.75) is 26.8 Å². The highest BCUT2D eigenvalue weighted by molar-refractivity contribution is 6.21. The number of carbonyl (C=O) groups is 3. The number of aromatic nitrogens is 4. The van der Waals surface area contributed by atoms with Crippen LogP contribution < -0.4 is 0 Å². The molecule has 2 aromatic carbocycles. The SMILES string of the molecule is Cc1ccc(C)c(C(=O)Cn2nnc(CCN3C(=O)c4ccccc4C3=O)n2)c1. The molecule has 8 heteroatoms. The lowest BCUT2D eigenvalue weighted by Gasteiger charge is -2.11. The van der Waals surface area contributed by atoms with Crippen molar-refractivity contribution < 1.29 is 14.4 Å². The van der Waals surface area contributed by atoms with Crippen LogP contribution in [0.5, 0.6) is 0 Å². The summed E-state index contributed by atoms with van der Waals surface area (Å²) in [5.41, 5.74) is 3.36. The Kier molecular flexibility index (Phi) is 4.75. The van der Waals surface area contributed by atoms with E-state index in [0.717, 1.165) is 11.1 Å². The number of fused-ring (bicyclic) bond motifs is 1. The Morgan fingerprint density at radius 1 is 1.00 bits per heavy atom. The van der Waals surface area contributed by atoms with Crippen molar-refractivity contribution in [1.29, 1.82) is 0 Å². The third kappa shape index (κ3) is 3.56. The number of Topliss-reactive ketones (excluding diaryl/α,β-unsaturated/α-hetero) is 1. The lowest BCUT2D eigenvalue weighted by molar-refractivity contribution is 0.0655. The van der Waals surface area contributed by atoms with Gasteiger partial charge in [-0.2, -0.15) is 4.80 Å². The summed E-state index contributed by atoms with van der Waals surface area (Å²) in [6, 6.07) is 12.5. The fourth-order valence-corrected chi connectivity index (χ4v) is 3.35. The topological polar surface area (TPSA) is 98.0 Å². The van der Waals surface area contributed by atoms with E-state index in [1.54, 1.807) is 24.3 Å². The highest BCUT2D eigenvalue weighted by Crippen LogP contribution is 2.22. The number of hydrogen-bond acceptors (Lipinski definition) is 6. The summed E-state index contributed by atoms with van der Waals surface area (Å²) in [4.78, 5) is 39.8. The molecule has 0 fully saturated rings. The van der Waals surface area contributed by atoms with E-state index in [4.69, 9.17) is 0 Å². The second-order valence-electron chi connectivity index (χ2n) is 7.04. The van der Waals surface area contributed by atoms with E-state index < -0.39 is 0 Å². The largest absolute Gasteiger partial charge is 0.292 e. The first-order valence-corrected chi connectivity index (χ1v) is 9.26. The van der Waals surface area contributed by atoms with Crippen LogP contribution in [0.1, 0.15) is 48.0 Å². The van der Waals surface area contributed by atoms with Crippen LogP contribution in [-0.4, -0.2) is 49.2 Å². The summed E-state index contributed by atoms with van der Waals surface area (Å²) in [5, 5.41) is 12.1. The molecular weight excluding hydrogens is 370 g/mol. The number of amides is 2. The van der Waals surface area contributed by atoms with Gasteiger partial charge in [-0.05, 0) is 42.8 Å². The molecule has 0 aliphatic carbocycles. The summed E-state index contributed by atoms with van der Waals surface area (Å²) in [6.07, 6.45) is 0.267. The van der Waals surface area contributed by atoms with Gasteiger partial charge >= 0.3 is 0 Å². The molecule has 0 saturated carbocycles. The zero-order valence-corrected chi connectivity index (χ0v) is 16.1. The molecule has 2 amide bonds. The zero-order chi connectivity index (χ0) is 20.5. The van der Waals surface area contributed by atoms with Gasteiger partial charge in [0.15, 0.2) is 11.6 Å². The molecule has 0 bridgehead atoms. The predicted molar refractivity (Wildman–Crippen MR) is 104 cm³/mol. The lowest BCUT2D eigenvalue weighted by Crippen LogP contribution is -2.32. The predicted octanol–water partition coefficient (Wildman–Crippen LogP) is 2.01. The van der Waals surface area contributed by atoms with Crippen molar-refractivity contribution in [3.8, 4) is 0 Å². The normalized spacial score (nSPS) is 13.1. The second kappa shape index (κ2) is 7.38. The van der Waals surface area contributed by atoms with E-state index in [1.165, 1.54) is 9.70 Å². The molecule has 4 rings (SSSR count). The minimum Gasteiger partial charge on any atom is -0.292 e. The third-order valence-corrected chi connectivity index (χ3v) is 4.91. The van der Waals surface area contributed by atoms with Crippen LogP contribution in [0.15, 0.2) is 42.5 Å². The summed E-state index contributed by atoms with van der Waals surface area (Å²) in [5.74, 6) is -0.364. The Labute approximate surface area is 167 Å². The van der Waals surface area contributed by atoms with Crippen molar-refractivity contribution in [2.75, 3.05) is 6.54 Å². The molecule has 0 unspecified atom stereocenters. The monoisotopic (exact) mass is 389 g/mol. The standard InChI is InChI=1S/C21H19N5O3/c1-13-7-8-14(2)17(11-13)18(27)12-26-23-19(22-24-26)9-10-25-20(28)15-5-3-4-6-16(15)21(25)29/h3-8,11H,9-10,12H2,1-2H3. The van der Waals surface area contributed by atoms with E-state index in [-0.39, 0.29) is 37.1 Å². The fourth-order valence-electron chi connectivity index (χ4n) is 3.35. The van der Waals surface area contributed by atoms with E-state index in [0.29, 0.717) is 22.5 Å². The van der Waals surface area contributed by atoms with Crippen LogP contribution in [0, 0.1) is 13.8 Å². The number of ketones is 1. The molecule has 0 radical (unpaired) electrons. The molecule has 29 heavy (non-hydrogen) atoms. The van der Waals surface area contributed by atoms with Crippen LogP contribution in [0.2, 0.25) is 0 Å². The van der Waals surface area contributed by atoms with Gasteiger partial charge in [0.1, 0.15) is 6.54 Å². The molecule has 0 N–H and O–H groups in total. The molecule has 1 aliphatic rings. The number of rotatable bonds is 6. The van der Waals surface area contributed by atoms with E-state index in [1.807, 2.05) is 32.0 Å². The molecule has 0 atom stereocenters. The Balaban J connectivity index is 1.40. The number of hydrogen-bond donors (Lipinski definition) is 0. The molecule has 3 aromatic rings. The van der Waals surface area contributed by atoms with Gasteiger partial charge in [0.05, 0.1) is 11.1 Å². The van der Waals surface area contributed by atoms with Crippen LogP contribution >= 0.6 is 0 Å². The van der Waals surface area contributed by atoms with Gasteiger partial charge in [-0.15, -0.1) is 10.2 Å². The van der Waals surface area contributed by atoms with Gasteiger partial charge < -0.3 is 0 Å². The maximum atomic E-state index is 12.5. The Bertz CT molecular complexity index is 1100. The number of carbonyl (C=O) groups excluding carboxylic acids is 3. The van der Waals surface area contributed by atoms with Gasteiger partial charge in [-0.1, -0.05) is 29.8 Å². The van der Waals surface area contributed by atoms with Gasteiger partial charge in [-0.3, -0.25) is 19.3 Å². The molecule has 146 valence electrons. The van der Waals surface area contributed by atoms with Crippen LogP contribution in [-0.2, 0) is 13.0 Å². The number of benzene rings is 2. The number of imide groups is 1. The van der Waals surface area contributed by atoms with Gasteiger partial charge in [-0.25, -0.2) is 0 Å². The van der Waals surface area contributed by atoms with E-state index >= 15 is 0 Å². The summed E-state index contributed by atoms with van der Waals surface area (Å²) < 4.78 is 0. The van der Waals surface area contributed by atoms with Crippen molar-refractivity contribution in [2.24, 2.45) is 0 Å². The first-order valence-electron chi connectivity index (χ1n) is 9.26. The van der Waals surface area contributed by atoms with Gasteiger partial charge in [0.25, 0.3) is 11.8 Å². The Morgan fingerprint density at radius 3 is 2.38 bits per heavy atom. The van der Waals surface area contributed by atoms with E-state index in [2.05, 4.69) is 15.4 Å². The number of aryl methyl sites for hydroxylation is 2. The smallest absolute Gasteiger partial charge is 0.261 e. The lowest BCUT2D eigenvalue weighted by atomic mass is 10.0. The molecule has 0 spiro atoms. The average molecular weight is 389 g/mol. The van der Waals surface area contributed by atoms with Gasteiger partial charge in [0, 0.05) is 18.5 Å². The second-order valence-corrected chi connectivity index (χ2v) is 7.04. The maximum absolute atomic E-state index is 12.5. The zero-order valence-electron chi connectivity index (χ0n) is 16.1. The first-order chi connectivity index (χ1) is 13.9. The highest BCUT2D eigenvalue weighted by Gasteiger charge is 2.34. The Morgan fingerprint density at radius 2 is 1.69 bits per heavy atom. The Hall–Kier alpha value is -3.68. The molecule has 2 heterocycles.